The number of benzene rings is 1. The lowest BCUT2D eigenvalue weighted by Gasteiger charge is -2.30. The summed E-state index contributed by atoms with van der Waals surface area (Å²) >= 11 is 0. The van der Waals surface area contributed by atoms with E-state index in [1.807, 2.05) is 0 Å². The third-order valence-electron chi connectivity index (χ3n) is 5.43. The molecule has 1 saturated heterocycles. The van der Waals surface area contributed by atoms with Crippen LogP contribution in [0.4, 0.5) is 18.9 Å². The first-order chi connectivity index (χ1) is 15.7. The van der Waals surface area contributed by atoms with Crippen molar-refractivity contribution in [1.29, 1.82) is 5.26 Å². The number of fused-ring (bicyclic) bond motifs is 1. The molecular weight excluding hydrogens is 441 g/mol. The quantitative estimate of drug-likeness (QED) is 0.465. The lowest BCUT2D eigenvalue weighted by molar-refractivity contribution is -0.189. The second kappa shape index (κ2) is 8.59. The first-order valence-corrected chi connectivity index (χ1v) is 10.0. The number of ether oxygens (including phenoxy) is 1. The number of carbonyl (C=O) groups excluding carboxylic acids is 1. The van der Waals surface area contributed by atoms with Gasteiger partial charge in [-0.3, -0.25) is 9.13 Å². The van der Waals surface area contributed by atoms with E-state index in [1.165, 1.54) is 21.3 Å². The number of pyridine rings is 1. The number of nitrogens with one attached hydrogen (secondary N) is 1. The summed E-state index contributed by atoms with van der Waals surface area (Å²) in [7, 11) is 1.57. The Kier molecular flexibility index (Phi) is 5.82. The second-order valence-electron chi connectivity index (χ2n) is 7.46. The van der Waals surface area contributed by atoms with Crippen molar-refractivity contribution in [2.24, 2.45) is 7.05 Å². The number of imidazole rings is 1. The van der Waals surface area contributed by atoms with Gasteiger partial charge in [-0.15, -0.1) is 0 Å². The molecule has 1 fully saturated rings. The molecule has 0 saturated carbocycles. The van der Waals surface area contributed by atoms with Crippen molar-refractivity contribution in [3.8, 4) is 11.8 Å². The Hall–Kier alpha value is -3.85. The highest BCUT2D eigenvalue weighted by Crippen LogP contribution is 2.29. The highest BCUT2D eigenvalue weighted by atomic mass is 19.4. The van der Waals surface area contributed by atoms with Gasteiger partial charge in [0.2, 0.25) is 0 Å². The van der Waals surface area contributed by atoms with Crippen molar-refractivity contribution in [3.05, 3.63) is 52.1 Å². The molecule has 3 heterocycles. The number of hydrogen-bond acceptors (Lipinski definition) is 7. The SMILES string of the molecule is Cn1c(=O)n(Cc2cccc(OC(=O)C(F)(F)F)c2C#N)c2c(N3CCNCC3)ccnc21. The molecule has 0 bridgehead atoms. The van der Waals surface area contributed by atoms with Gasteiger partial charge in [0, 0.05) is 39.4 Å². The highest BCUT2D eigenvalue weighted by molar-refractivity contribution is 5.87. The smallest absolute Gasteiger partial charge is 0.418 e. The minimum atomic E-state index is -5.21. The Morgan fingerprint density at radius 2 is 2.00 bits per heavy atom. The Morgan fingerprint density at radius 3 is 2.67 bits per heavy atom. The van der Waals surface area contributed by atoms with E-state index < -0.39 is 23.6 Å². The highest BCUT2D eigenvalue weighted by Gasteiger charge is 2.41. The molecule has 1 aliphatic heterocycles. The van der Waals surface area contributed by atoms with Crippen LogP contribution in [0.3, 0.4) is 0 Å². The molecule has 4 rings (SSSR count). The number of carbonyl (C=O) groups is 1. The lowest BCUT2D eigenvalue weighted by Crippen LogP contribution is -2.43. The van der Waals surface area contributed by atoms with Gasteiger partial charge < -0.3 is 15.0 Å². The van der Waals surface area contributed by atoms with E-state index in [4.69, 9.17) is 0 Å². The Bertz CT molecular complexity index is 1320. The zero-order chi connectivity index (χ0) is 23.8. The summed E-state index contributed by atoms with van der Waals surface area (Å²) in [5.74, 6) is -2.95. The Morgan fingerprint density at radius 1 is 1.27 bits per heavy atom. The van der Waals surface area contributed by atoms with E-state index in [9.17, 15) is 28.0 Å². The van der Waals surface area contributed by atoms with E-state index >= 15 is 0 Å². The molecule has 0 aliphatic carbocycles. The molecule has 0 amide bonds. The van der Waals surface area contributed by atoms with Crippen LogP contribution >= 0.6 is 0 Å². The largest absolute Gasteiger partial charge is 0.491 e. The summed E-state index contributed by atoms with van der Waals surface area (Å²) in [5.41, 5.74) is 1.35. The maximum Gasteiger partial charge on any atom is 0.491 e. The second-order valence-corrected chi connectivity index (χ2v) is 7.46. The molecule has 9 nitrogen and oxygen atoms in total. The van der Waals surface area contributed by atoms with Crippen LogP contribution in [0, 0.1) is 11.3 Å². The number of anilines is 1. The van der Waals surface area contributed by atoms with E-state index in [-0.39, 0.29) is 17.7 Å². The molecule has 172 valence electrons. The number of alkyl halides is 3. The lowest BCUT2D eigenvalue weighted by atomic mass is 10.1. The number of esters is 1. The van der Waals surface area contributed by atoms with Gasteiger partial charge in [0.05, 0.1) is 17.8 Å². The molecule has 33 heavy (non-hydrogen) atoms. The molecule has 0 atom stereocenters. The van der Waals surface area contributed by atoms with Crippen molar-refractivity contribution in [2.45, 2.75) is 12.7 Å². The number of rotatable bonds is 4. The summed E-state index contributed by atoms with van der Waals surface area (Å²) < 4.78 is 45.2. The summed E-state index contributed by atoms with van der Waals surface area (Å²) in [6.07, 6.45) is -3.60. The van der Waals surface area contributed by atoms with Gasteiger partial charge in [0.25, 0.3) is 0 Å². The molecule has 1 aliphatic rings. The van der Waals surface area contributed by atoms with Gasteiger partial charge >= 0.3 is 17.8 Å². The van der Waals surface area contributed by atoms with Gasteiger partial charge in [0.15, 0.2) is 5.65 Å². The van der Waals surface area contributed by atoms with Crippen LogP contribution in [0.25, 0.3) is 11.2 Å². The number of aromatic nitrogens is 3. The number of halogens is 3. The van der Waals surface area contributed by atoms with Crippen molar-refractivity contribution >= 4 is 22.8 Å². The molecule has 2 aromatic heterocycles. The summed E-state index contributed by atoms with van der Waals surface area (Å²) in [4.78, 5) is 30.8. The van der Waals surface area contributed by atoms with E-state index in [0.717, 1.165) is 24.8 Å². The number of nitriles is 1. The van der Waals surface area contributed by atoms with Crippen molar-refractivity contribution in [2.75, 3.05) is 31.1 Å². The van der Waals surface area contributed by atoms with Gasteiger partial charge in [-0.1, -0.05) is 12.1 Å². The summed E-state index contributed by atoms with van der Waals surface area (Å²) in [6, 6.07) is 7.55. The molecule has 0 unspecified atom stereocenters. The van der Waals surface area contributed by atoms with Crippen LogP contribution in [-0.2, 0) is 18.4 Å². The van der Waals surface area contributed by atoms with Crippen LogP contribution in [-0.4, -0.2) is 52.4 Å². The summed E-state index contributed by atoms with van der Waals surface area (Å²) in [5, 5.41) is 12.9. The average molecular weight is 460 g/mol. The standard InChI is InChI=1S/C21H19F3N6O3/c1-28-18-17(15(5-6-27-18)29-9-7-26-8-10-29)30(20(28)32)12-13-3-2-4-16(14(13)11-25)33-19(31)21(22,23)24/h2-6,26H,7-10,12H2,1H3. The minimum absolute atomic E-state index is 0.124. The zero-order valence-corrected chi connectivity index (χ0v) is 17.5. The fraction of sp³-hybridized carbons (Fsp3) is 0.333. The number of aryl methyl sites for hydroxylation is 1. The third-order valence-corrected chi connectivity index (χ3v) is 5.43. The molecule has 1 N–H and O–H groups in total. The van der Waals surface area contributed by atoms with E-state index in [2.05, 4.69) is 19.9 Å². The van der Waals surface area contributed by atoms with Crippen LogP contribution in [0.2, 0.25) is 0 Å². The monoisotopic (exact) mass is 460 g/mol. The predicted molar refractivity (Wildman–Crippen MR) is 112 cm³/mol. The van der Waals surface area contributed by atoms with Crippen LogP contribution in [0.15, 0.2) is 35.3 Å². The summed E-state index contributed by atoms with van der Waals surface area (Å²) in [6.45, 7) is 2.85. The molecule has 3 aromatic rings. The number of piperazine rings is 1. The van der Waals surface area contributed by atoms with Crippen molar-refractivity contribution < 1.29 is 22.7 Å². The van der Waals surface area contributed by atoms with Gasteiger partial charge in [-0.05, 0) is 17.7 Å². The first kappa shape index (κ1) is 22.3. The van der Waals surface area contributed by atoms with Crippen LogP contribution in [0.1, 0.15) is 11.1 Å². The van der Waals surface area contributed by atoms with Gasteiger partial charge in [-0.2, -0.15) is 18.4 Å². The number of nitrogens with zero attached hydrogens (tertiary/aromatic N) is 5. The maximum absolute atomic E-state index is 13.1. The first-order valence-electron chi connectivity index (χ1n) is 10.0. The maximum atomic E-state index is 13.1. The molecular formula is C21H19F3N6O3. The molecule has 1 aromatic carbocycles. The average Bonchev–Trinajstić information content (AvgIpc) is 3.04. The molecule has 12 heteroatoms. The van der Waals surface area contributed by atoms with E-state index in [0.29, 0.717) is 24.3 Å². The van der Waals surface area contributed by atoms with Gasteiger partial charge in [0.1, 0.15) is 17.3 Å². The fourth-order valence-corrected chi connectivity index (χ4v) is 3.86. The zero-order valence-electron chi connectivity index (χ0n) is 17.5. The minimum Gasteiger partial charge on any atom is -0.418 e. The molecule has 0 radical (unpaired) electrons. The Labute approximate surface area is 185 Å². The van der Waals surface area contributed by atoms with Crippen LogP contribution in [0.5, 0.6) is 5.75 Å². The van der Waals surface area contributed by atoms with Gasteiger partial charge in [-0.25, -0.2) is 14.6 Å². The van der Waals surface area contributed by atoms with Crippen LogP contribution < -0.4 is 20.6 Å². The molecule has 0 spiro atoms. The van der Waals surface area contributed by atoms with Crippen molar-refractivity contribution in [1.82, 2.24) is 19.4 Å². The van der Waals surface area contributed by atoms with E-state index in [1.54, 1.807) is 25.4 Å². The fourth-order valence-electron chi connectivity index (χ4n) is 3.86. The predicted octanol–water partition coefficient (Wildman–Crippen LogP) is 1.53. The van der Waals surface area contributed by atoms with Crippen molar-refractivity contribution in [3.63, 3.8) is 0 Å². The third kappa shape index (κ3) is 4.14. The Balaban J connectivity index is 1.81. The normalized spacial score (nSPS) is 14.3. The topological polar surface area (TPSA) is 105 Å². The number of hydrogen-bond donors (Lipinski definition) is 1.